The van der Waals surface area contributed by atoms with E-state index >= 15 is 0 Å². The third-order valence-corrected chi connectivity index (χ3v) is 5.41. The van der Waals surface area contributed by atoms with Crippen molar-refractivity contribution in [1.82, 2.24) is 15.1 Å². The van der Waals surface area contributed by atoms with Crippen LogP contribution in [0.4, 0.5) is 5.69 Å². The Hall–Kier alpha value is -3.28. The van der Waals surface area contributed by atoms with Gasteiger partial charge < -0.3 is 15.0 Å². The Labute approximate surface area is 156 Å². The summed E-state index contributed by atoms with van der Waals surface area (Å²) in [4.78, 5) is 14.9. The molecule has 27 heavy (non-hydrogen) atoms. The molecule has 1 saturated heterocycles. The molecule has 6 nitrogen and oxygen atoms in total. The van der Waals surface area contributed by atoms with E-state index in [1.54, 1.807) is 12.5 Å². The lowest BCUT2D eigenvalue weighted by Gasteiger charge is -2.32. The number of aromatic nitrogens is 2. The number of hydrogen-bond acceptors (Lipinski definition) is 4. The first kappa shape index (κ1) is 15.9. The molecule has 0 aliphatic carbocycles. The summed E-state index contributed by atoms with van der Waals surface area (Å²) in [7, 11) is 0. The zero-order valence-electron chi connectivity index (χ0n) is 14.8. The van der Waals surface area contributed by atoms with Crippen molar-refractivity contribution < 1.29 is 9.53 Å². The van der Waals surface area contributed by atoms with Crippen molar-refractivity contribution in [3.63, 3.8) is 0 Å². The number of likely N-dealkylation sites (tertiary alicyclic amines) is 1. The van der Waals surface area contributed by atoms with Crippen molar-refractivity contribution in [2.45, 2.75) is 18.8 Å². The van der Waals surface area contributed by atoms with Crippen LogP contribution in [0.5, 0.6) is 5.75 Å². The molecular weight excluding hydrogens is 340 g/mol. The highest BCUT2D eigenvalue weighted by atomic mass is 16.5. The first-order valence-electron chi connectivity index (χ1n) is 9.24. The van der Waals surface area contributed by atoms with Gasteiger partial charge in [-0.05, 0) is 37.1 Å². The standard InChI is InChI=1S/C21H20N4O2/c26-21(15-5-6-19-18(13-15)22-9-12-27-19)25-10-7-14(8-11-25)20-16-3-1-2-4-17(16)23-24-20/h1-6,9,12-14,22H,7-8,10-11H2,(H,23,24). The monoisotopic (exact) mass is 360 g/mol. The van der Waals surface area contributed by atoms with Crippen LogP contribution < -0.4 is 10.1 Å². The van der Waals surface area contributed by atoms with Gasteiger partial charge in [-0.25, -0.2) is 0 Å². The summed E-state index contributed by atoms with van der Waals surface area (Å²) < 4.78 is 5.42. The van der Waals surface area contributed by atoms with Crippen LogP contribution in [0.1, 0.15) is 34.8 Å². The van der Waals surface area contributed by atoms with E-state index in [4.69, 9.17) is 4.74 Å². The number of carbonyl (C=O) groups is 1. The second-order valence-corrected chi connectivity index (χ2v) is 7.00. The van der Waals surface area contributed by atoms with Gasteiger partial charge in [0.1, 0.15) is 12.0 Å². The number of amides is 1. The summed E-state index contributed by atoms with van der Waals surface area (Å²) in [5, 5.41) is 11.9. The molecule has 0 radical (unpaired) electrons. The normalized spacial score (nSPS) is 16.7. The Morgan fingerprint density at radius 2 is 2.00 bits per heavy atom. The molecule has 5 rings (SSSR count). The number of piperidine rings is 1. The minimum Gasteiger partial charge on any atom is -0.461 e. The molecule has 1 aromatic heterocycles. The largest absolute Gasteiger partial charge is 0.461 e. The first-order valence-corrected chi connectivity index (χ1v) is 9.24. The van der Waals surface area contributed by atoms with Gasteiger partial charge in [-0.3, -0.25) is 9.89 Å². The highest BCUT2D eigenvalue weighted by Crippen LogP contribution is 2.33. The topological polar surface area (TPSA) is 70.2 Å². The van der Waals surface area contributed by atoms with Gasteiger partial charge in [0, 0.05) is 41.9 Å². The molecule has 1 amide bonds. The SMILES string of the molecule is O=C(c1ccc2c(c1)NC=CO2)N1CCC(c2[nH]nc3ccccc23)CC1. The maximum atomic E-state index is 12.9. The number of nitrogens with one attached hydrogen (secondary N) is 2. The number of anilines is 1. The average molecular weight is 360 g/mol. The van der Waals surface area contributed by atoms with Gasteiger partial charge in [0.05, 0.1) is 11.2 Å². The van der Waals surface area contributed by atoms with Gasteiger partial charge in [0.2, 0.25) is 0 Å². The number of ether oxygens (including phenoxy) is 1. The van der Waals surface area contributed by atoms with Gasteiger partial charge >= 0.3 is 0 Å². The Balaban J connectivity index is 1.30. The van der Waals surface area contributed by atoms with E-state index < -0.39 is 0 Å². The fraction of sp³-hybridized carbons (Fsp3) is 0.238. The number of carbonyl (C=O) groups excluding carboxylic acids is 1. The van der Waals surface area contributed by atoms with E-state index in [0.717, 1.165) is 42.9 Å². The molecular formula is C21H20N4O2. The number of rotatable bonds is 2. The summed E-state index contributed by atoms with van der Waals surface area (Å²) in [6.45, 7) is 1.50. The van der Waals surface area contributed by atoms with Crippen molar-refractivity contribution >= 4 is 22.5 Å². The molecule has 0 bridgehead atoms. The second kappa shape index (κ2) is 6.46. The molecule has 136 valence electrons. The van der Waals surface area contributed by atoms with Crippen LogP contribution in [0.15, 0.2) is 54.9 Å². The van der Waals surface area contributed by atoms with E-state index in [2.05, 4.69) is 21.6 Å². The molecule has 2 N–H and O–H groups in total. The van der Waals surface area contributed by atoms with Crippen molar-refractivity contribution in [1.29, 1.82) is 0 Å². The summed E-state index contributed by atoms with van der Waals surface area (Å²) in [5.74, 6) is 1.21. The van der Waals surface area contributed by atoms with Crippen LogP contribution >= 0.6 is 0 Å². The Morgan fingerprint density at radius 3 is 2.89 bits per heavy atom. The molecule has 2 aromatic carbocycles. The van der Waals surface area contributed by atoms with Gasteiger partial charge in [-0.2, -0.15) is 5.10 Å². The van der Waals surface area contributed by atoms with E-state index in [-0.39, 0.29) is 5.91 Å². The van der Waals surface area contributed by atoms with Crippen LogP contribution in [0, 0.1) is 0 Å². The first-order chi connectivity index (χ1) is 13.3. The third kappa shape index (κ3) is 2.83. The molecule has 2 aliphatic heterocycles. The third-order valence-electron chi connectivity index (χ3n) is 5.41. The van der Waals surface area contributed by atoms with Crippen molar-refractivity contribution in [2.75, 3.05) is 18.4 Å². The molecule has 0 saturated carbocycles. The molecule has 0 atom stereocenters. The molecule has 1 fully saturated rings. The summed E-state index contributed by atoms with van der Waals surface area (Å²) in [6, 6.07) is 13.7. The zero-order valence-corrected chi connectivity index (χ0v) is 14.8. The van der Waals surface area contributed by atoms with Crippen molar-refractivity contribution in [3.05, 3.63) is 66.2 Å². The maximum absolute atomic E-state index is 12.9. The smallest absolute Gasteiger partial charge is 0.253 e. The lowest BCUT2D eigenvalue weighted by atomic mass is 9.91. The highest BCUT2D eigenvalue weighted by molar-refractivity contribution is 5.96. The Bertz CT molecular complexity index is 1030. The highest BCUT2D eigenvalue weighted by Gasteiger charge is 2.27. The summed E-state index contributed by atoms with van der Waals surface area (Å²) in [5.41, 5.74) is 3.70. The van der Waals surface area contributed by atoms with Gasteiger partial charge in [-0.15, -0.1) is 0 Å². The van der Waals surface area contributed by atoms with Crippen LogP contribution in [-0.4, -0.2) is 34.1 Å². The molecule has 0 unspecified atom stereocenters. The molecule has 3 aromatic rings. The Morgan fingerprint density at radius 1 is 1.15 bits per heavy atom. The molecule has 2 aliphatic rings. The minimum atomic E-state index is 0.0714. The number of aromatic amines is 1. The van der Waals surface area contributed by atoms with Gasteiger partial charge in [0.25, 0.3) is 5.91 Å². The van der Waals surface area contributed by atoms with Crippen LogP contribution in [0.2, 0.25) is 0 Å². The van der Waals surface area contributed by atoms with Gasteiger partial charge in [0.15, 0.2) is 0 Å². The summed E-state index contributed by atoms with van der Waals surface area (Å²) in [6.07, 6.45) is 5.19. The zero-order chi connectivity index (χ0) is 18.2. The number of H-pyrrole nitrogens is 1. The van der Waals surface area contributed by atoms with E-state index in [9.17, 15) is 4.79 Å². The number of hydrogen-bond donors (Lipinski definition) is 2. The van der Waals surface area contributed by atoms with E-state index in [1.165, 1.54) is 11.1 Å². The predicted molar refractivity (Wildman–Crippen MR) is 104 cm³/mol. The number of nitrogens with zero attached hydrogens (tertiary/aromatic N) is 2. The average Bonchev–Trinajstić information content (AvgIpc) is 3.17. The van der Waals surface area contributed by atoms with Crippen LogP contribution in [0.3, 0.4) is 0 Å². The Kier molecular flexibility index (Phi) is 3.81. The number of benzene rings is 2. The number of para-hydroxylation sites is 1. The maximum Gasteiger partial charge on any atom is 0.253 e. The molecule has 3 heterocycles. The second-order valence-electron chi connectivity index (χ2n) is 7.00. The lowest BCUT2D eigenvalue weighted by molar-refractivity contribution is 0.0712. The van der Waals surface area contributed by atoms with E-state index in [1.807, 2.05) is 41.3 Å². The fourth-order valence-electron chi connectivity index (χ4n) is 3.95. The quantitative estimate of drug-likeness (QED) is 0.728. The minimum absolute atomic E-state index is 0.0714. The van der Waals surface area contributed by atoms with Crippen LogP contribution in [-0.2, 0) is 0 Å². The fourth-order valence-corrected chi connectivity index (χ4v) is 3.95. The molecule has 0 spiro atoms. The van der Waals surface area contributed by atoms with Crippen molar-refractivity contribution in [2.24, 2.45) is 0 Å². The number of fused-ring (bicyclic) bond motifs is 2. The van der Waals surface area contributed by atoms with Crippen LogP contribution in [0.25, 0.3) is 10.9 Å². The van der Waals surface area contributed by atoms with Crippen molar-refractivity contribution in [3.8, 4) is 5.75 Å². The molecule has 6 heteroatoms. The van der Waals surface area contributed by atoms with E-state index in [0.29, 0.717) is 11.5 Å². The summed E-state index contributed by atoms with van der Waals surface area (Å²) >= 11 is 0. The predicted octanol–water partition coefficient (Wildman–Crippen LogP) is 3.86. The van der Waals surface area contributed by atoms with Gasteiger partial charge in [-0.1, -0.05) is 18.2 Å². The lowest BCUT2D eigenvalue weighted by Crippen LogP contribution is -2.38.